The molecule has 6 heteroatoms. The Balaban J connectivity index is 2.08. The number of aromatic nitrogens is 2. The van der Waals surface area contributed by atoms with Crippen LogP contribution in [0.3, 0.4) is 0 Å². The van der Waals surface area contributed by atoms with Gasteiger partial charge in [-0.3, -0.25) is 14.0 Å². The summed E-state index contributed by atoms with van der Waals surface area (Å²) in [5.41, 5.74) is 2.99. The predicted molar refractivity (Wildman–Crippen MR) is 112 cm³/mol. The molecule has 0 radical (unpaired) electrons. The number of carbonyl (C=O) groups excluding carboxylic acids is 1. The number of fused-ring (bicyclic) bond motifs is 1. The number of para-hydroxylation sites is 1. The Morgan fingerprint density at radius 3 is 2.30 bits per heavy atom. The molecule has 0 saturated carbocycles. The average molecular weight is 428 g/mol. The molecular formula is C21H22BrN3O2. The summed E-state index contributed by atoms with van der Waals surface area (Å²) in [6, 6.07) is 9.54. The van der Waals surface area contributed by atoms with Crippen molar-refractivity contribution in [3.63, 3.8) is 0 Å². The fourth-order valence-corrected chi connectivity index (χ4v) is 3.42. The average Bonchev–Trinajstić information content (AvgIpc) is 2.62. The summed E-state index contributed by atoms with van der Waals surface area (Å²) in [4.78, 5) is 30.0. The highest BCUT2D eigenvalue weighted by atomic mass is 79.9. The molecule has 0 aliphatic rings. The van der Waals surface area contributed by atoms with E-state index in [1.54, 1.807) is 18.3 Å². The number of benzene rings is 1. The molecule has 0 bridgehead atoms. The van der Waals surface area contributed by atoms with E-state index in [9.17, 15) is 9.59 Å². The minimum atomic E-state index is -0.447. The monoisotopic (exact) mass is 427 g/mol. The number of nitrogens with one attached hydrogen (secondary N) is 1. The molecule has 140 valence electrons. The number of amides is 1. The topological polar surface area (TPSA) is 63.5 Å². The summed E-state index contributed by atoms with van der Waals surface area (Å²) in [6.45, 7) is 8.33. The Morgan fingerprint density at radius 2 is 1.70 bits per heavy atom. The second-order valence-electron chi connectivity index (χ2n) is 7.13. The van der Waals surface area contributed by atoms with Gasteiger partial charge in [-0.15, -0.1) is 0 Å². The third kappa shape index (κ3) is 3.81. The van der Waals surface area contributed by atoms with E-state index in [1.165, 1.54) is 10.6 Å². The van der Waals surface area contributed by atoms with E-state index in [-0.39, 0.29) is 17.4 Å². The van der Waals surface area contributed by atoms with Crippen molar-refractivity contribution in [2.24, 2.45) is 0 Å². The third-order valence-corrected chi connectivity index (χ3v) is 4.99. The standard InChI is InChI=1S/C21H22BrN3O2/c1-12(2)15-6-5-7-16(13(3)4)19(15)24-20(26)17-10-23-18-9-8-14(22)11-25(18)21(17)27/h5-13H,1-4H3,(H,24,26). The van der Waals surface area contributed by atoms with Crippen molar-refractivity contribution in [1.29, 1.82) is 0 Å². The molecule has 0 aliphatic heterocycles. The highest BCUT2D eigenvalue weighted by molar-refractivity contribution is 9.10. The number of carbonyl (C=O) groups is 1. The van der Waals surface area contributed by atoms with Gasteiger partial charge in [0, 0.05) is 22.6 Å². The number of hydrogen-bond donors (Lipinski definition) is 1. The first kappa shape index (κ1) is 19.3. The van der Waals surface area contributed by atoms with Crippen molar-refractivity contribution < 1.29 is 4.79 Å². The Hall–Kier alpha value is -2.47. The van der Waals surface area contributed by atoms with E-state index in [0.29, 0.717) is 5.65 Å². The first-order valence-electron chi connectivity index (χ1n) is 8.90. The lowest BCUT2D eigenvalue weighted by Crippen LogP contribution is -2.27. The second kappa shape index (κ2) is 7.64. The van der Waals surface area contributed by atoms with Crippen LogP contribution < -0.4 is 10.9 Å². The number of rotatable bonds is 4. The van der Waals surface area contributed by atoms with Gasteiger partial charge in [0.1, 0.15) is 11.2 Å². The fourth-order valence-electron chi connectivity index (χ4n) is 3.08. The molecule has 1 amide bonds. The van der Waals surface area contributed by atoms with Crippen LogP contribution in [0.1, 0.15) is 61.0 Å². The van der Waals surface area contributed by atoms with Crippen LogP contribution in [0.4, 0.5) is 5.69 Å². The minimum Gasteiger partial charge on any atom is -0.321 e. The summed E-state index contributed by atoms with van der Waals surface area (Å²) >= 11 is 3.34. The maximum atomic E-state index is 12.9. The Labute approximate surface area is 166 Å². The van der Waals surface area contributed by atoms with E-state index in [0.717, 1.165) is 21.3 Å². The van der Waals surface area contributed by atoms with Gasteiger partial charge in [-0.05, 0) is 51.0 Å². The van der Waals surface area contributed by atoms with Gasteiger partial charge >= 0.3 is 0 Å². The summed E-state index contributed by atoms with van der Waals surface area (Å²) in [5, 5.41) is 2.97. The van der Waals surface area contributed by atoms with Crippen LogP contribution in [0, 0.1) is 0 Å². The van der Waals surface area contributed by atoms with Gasteiger partial charge in [0.05, 0.1) is 0 Å². The first-order chi connectivity index (χ1) is 12.8. The summed E-state index contributed by atoms with van der Waals surface area (Å²) < 4.78 is 2.11. The predicted octanol–water partition coefficient (Wildman–Crippen LogP) is 4.96. The van der Waals surface area contributed by atoms with Crippen molar-refractivity contribution >= 4 is 33.2 Å². The third-order valence-electron chi connectivity index (χ3n) is 4.52. The number of hydrogen-bond acceptors (Lipinski definition) is 3. The maximum absolute atomic E-state index is 12.9. The molecule has 0 aliphatic carbocycles. The zero-order chi connectivity index (χ0) is 19.7. The molecule has 2 heterocycles. The molecule has 5 nitrogen and oxygen atoms in total. The summed E-state index contributed by atoms with van der Waals surface area (Å²) in [6.07, 6.45) is 2.96. The first-order valence-corrected chi connectivity index (χ1v) is 9.70. The lowest BCUT2D eigenvalue weighted by Gasteiger charge is -2.20. The SMILES string of the molecule is CC(C)c1cccc(C(C)C)c1NC(=O)c1cnc2ccc(Br)cn2c1=O. The van der Waals surface area contributed by atoms with Crippen LogP contribution in [0.2, 0.25) is 0 Å². The molecule has 0 atom stereocenters. The van der Waals surface area contributed by atoms with E-state index in [2.05, 4.69) is 53.9 Å². The molecule has 3 aromatic rings. The van der Waals surface area contributed by atoms with Crippen LogP contribution >= 0.6 is 15.9 Å². The molecule has 1 aromatic carbocycles. The van der Waals surface area contributed by atoms with Crippen LogP contribution in [-0.2, 0) is 0 Å². The zero-order valence-corrected chi connectivity index (χ0v) is 17.4. The van der Waals surface area contributed by atoms with Crippen LogP contribution in [0.5, 0.6) is 0 Å². The van der Waals surface area contributed by atoms with Crippen molar-refractivity contribution in [2.75, 3.05) is 5.32 Å². The van der Waals surface area contributed by atoms with E-state index in [4.69, 9.17) is 0 Å². The number of nitrogens with zero attached hydrogens (tertiary/aromatic N) is 2. The lowest BCUT2D eigenvalue weighted by atomic mass is 9.92. The number of halogens is 1. The van der Waals surface area contributed by atoms with Crippen molar-refractivity contribution in [3.8, 4) is 0 Å². The molecule has 0 saturated heterocycles. The number of pyridine rings is 1. The quantitative estimate of drug-likeness (QED) is 0.639. The molecular weight excluding hydrogens is 406 g/mol. The van der Waals surface area contributed by atoms with Gasteiger partial charge in [0.15, 0.2) is 0 Å². The molecule has 1 N–H and O–H groups in total. The van der Waals surface area contributed by atoms with Gasteiger partial charge in [-0.2, -0.15) is 0 Å². The Bertz CT molecular complexity index is 1040. The van der Waals surface area contributed by atoms with E-state index >= 15 is 0 Å². The highest BCUT2D eigenvalue weighted by Gasteiger charge is 2.19. The molecule has 0 fully saturated rings. The molecule has 27 heavy (non-hydrogen) atoms. The van der Waals surface area contributed by atoms with Crippen LogP contribution in [-0.4, -0.2) is 15.3 Å². The Kier molecular flexibility index (Phi) is 5.46. The second-order valence-corrected chi connectivity index (χ2v) is 8.04. The lowest BCUT2D eigenvalue weighted by molar-refractivity contribution is 0.102. The zero-order valence-electron chi connectivity index (χ0n) is 15.8. The van der Waals surface area contributed by atoms with E-state index in [1.807, 2.05) is 18.2 Å². The van der Waals surface area contributed by atoms with Crippen molar-refractivity contribution in [1.82, 2.24) is 9.38 Å². The van der Waals surface area contributed by atoms with Crippen LogP contribution in [0.15, 0.2) is 52.0 Å². The van der Waals surface area contributed by atoms with E-state index < -0.39 is 11.5 Å². The van der Waals surface area contributed by atoms with Gasteiger partial charge in [0.2, 0.25) is 0 Å². The molecule has 2 aromatic heterocycles. The summed E-state index contributed by atoms with van der Waals surface area (Å²) in [5.74, 6) is 0.0356. The van der Waals surface area contributed by atoms with Crippen LogP contribution in [0.25, 0.3) is 5.65 Å². The molecule has 3 rings (SSSR count). The molecule has 0 spiro atoms. The van der Waals surface area contributed by atoms with Gasteiger partial charge in [0.25, 0.3) is 11.5 Å². The van der Waals surface area contributed by atoms with Crippen molar-refractivity contribution in [3.05, 3.63) is 74.2 Å². The summed E-state index contributed by atoms with van der Waals surface area (Å²) in [7, 11) is 0. The largest absolute Gasteiger partial charge is 0.321 e. The Morgan fingerprint density at radius 1 is 1.07 bits per heavy atom. The maximum Gasteiger partial charge on any atom is 0.270 e. The van der Waals surface area contributed by atoms with Gasteiger partial charge in [-0.1, -0.05) is 45.9 Å². The minimum absolute atomic E-state index is 0.0128. The van der Waals surface area contributed by atoms with Crippen molar-refractivity contribution in [2.45, 2.75) is 39.5 Å². The fraction of sp³-hybridized carbons (Fsp3) is 0.286. The van der Waals surface area contributed by atoms with Gasteiger partial charge < -0.3 is 5.32 Å². The van der Waals surface area contributed by atoms with Gasteiger partial charge in [-0.25, -0.2) is 4.98 Å². The normalized spacial score (nSPS) is 11.4. The molecule has 0 unspecified atom stereocenters. The smallest absolute Gasteiger partial charge is 0.270 e. The number of anilines is 1. The highest BCUT2D eigenvalue weighted by Crippen LogP contribution is 2.32.